The van der Waals surface area contributed by atoms with Gasteiger partial charge in [-0.3, -0.25) is 4.79 Å². The Hall–Kier alpha value is -1.66. The molecule has 4 rings (SSSR count). The van der Waals surface area contributed by atoms with Crippen LogP contribution in [0.5, 0.6) is 0 Å². The van der Waals surface area contributed by atoms with Gasteiger partial charge in [0.05, 0.1) is 0 Å². The minimum atomic E-state index is -0.00546. The first-order valence-corrected chi connectivity index (χ1v) is 9.57. The van der Waals surface area contributed by atoms with Gasteiger partial charge in [0, 0.05) is 42.7 Å². The molecule has 2 aromatic heterocycles. The van der Waals surface area contributed by atoms with Crippen molar-refractivity contribution in [3.8, 4) is 0 Å². The number of rotatable bonds is 6. The van der Waals surface area contributed by atoms with Crippen LogP contribution >= 0.6 is 11.3 Å². The Bertz CT molecular complexity index is 672. The van der Waals surface area contributed by atoms with Gasteiger partial charge in [-0.05, 0) is 43.6 Å². The van der Waals surface area contributed by atoms with Crippen molar-refractivity contribution in [1.82, 2.24) is 10.1 Å². The van der Waals surface area contributed by atoms with E-state index >= 15 is 0 Å². The number of amides is 1. The second-order valence-corrected chi connectivity index (χ2v) is 7.59. The van der Waals surface area contributed by atoms with Crippen LogP contribution in [0.15, 0.2) is 28.1 Å². The number of carbonyl (C=O) groups is 1. The van der Waals surface area contributed by atoms with E-state index in [1.165, 1.54) is 4.88 Å². The lowest BCUT2D eigenvalue weighted by atomic mass is 10.1. The molecule has 2 aromatic rings. The molecule has 1 saturated heterocycles. The first-order chi connectivity index (χ1) is 11.8. The van der Waals surface area contributed by atoms with Crippen LogP contribution in [-0.4, -0.2) is 41.8 Å². The van der Waals surface area contributed by atoms with Gasteiger partial charge in [-0.1, -0.05) is 11.2 Å². The third-order valence-electron chi connectivity index (χ3n) is 4.80. The third kappa shape index (κ3) is 3.54. The highest BCUT2D eigenvalue weighted by Gasteiger charge is 2.32. The summed E-state index contributed by atoms with van der Waals surface area (Å²) in [6.45, 7) is 2.16. The Morgan fingerprint density at radius 1 is 1.29 bits per heavy atom. The maximum atomic E-state index is 13.0. The Kier molecular flexibility index (Phi) is 4.67. The van der Waals surface area contributed by atoms with Crippen molar-refractivity contribution in [2.24, 2.45) is 0 Å². The summed E-state index contributed by atoms with van der Waals surface area (Å²) in [5, 5.41) is 6.12. The van der Waals surface area contributed by atoms with Crippen LogP contribution in [0, 0.1) is 0 Å². The summed E-state index contributed by atoms with van der Waals surface area (Å²) in [7, 11) is 0. The monoisotopic (exact) mass is 346 g/mol. The average molecular weight is 346 g/mol. The minimum absolute atomic E-state index is 0.00546. The lowest BCUT2D eigenvalue weighted by molar-refractivity contribution is 0.0288. The highest BCUT2D eigenvalue weighted by atomic mass is 32.1. The van der Waals surface area contributed by atoms with Crippen LogP contribution in [0.1, 0.15) is 52.7 Å². The summed E-state index contributed by atoms with van der Waals surface area (Å²) in [5.41, 5.74) is 0.453. The molecule has 2 aliphatic rings. The lowest BCUT2D eigenvalue weighted by Crippen LogP contribution is -2.44. The molecule has 0 aromatic carbocycles. The molecule has 5 nitrogen and oxygen atoms in total. The molecule has 1 aliphatic carbocycles. The second kappa shape index (κ2) is 7.07. The molecule has 128 valence electrons. The summed E-state index contributed by atoms with van der Waals surface area (Å²) in [4.78, 5) is 16.3. The normalized spacial score (nSPS) is 18.7. The van der Waals surface area contributed by atoms with Crippen molar-refractivity contribution >= 4 is 17.2 Å². The fourth-order valence-corrected chi connectivity index (χ4v) is 3.93. The molecule has 1 aliphatic heterocycles. The van der Waals surface area contributed by atoms with Crippen LogP contribution in [0.3, 0.4) is 0 Å². The van der Waals surface area contributed by atoms with Gasteiger partial charge in [-0.2, -0.15) is 0 Å². The number of thiophene rings is 1. The van der Waals surface area contributed by atoms with Crippen molar-refractivity contribution in [1.29, 1.82) is 0 Å². The van der Waals surface area contributed by atoms with Crippen molar-refractivity contribution in [2.45, 2.75) is 44.1 Å². The first-order valence-electron chi connectivity index (χ1n) is 8.69. The maximum absolute atomic E-state index is 13.0. The fraction of sp³-hybridized carbons (Fsp3) is 0.556. The molecule has 0 spiro atoms. The van der Waals surface area contributed by atoms with E-state index in [0.717, 1.165) is 57.6 Å². The Morgan fingerprint density at radius 2 is 2.12 bits per heavy atom. The first kappa shape index (κ1) is 15.8. The largest absolute Gasteiger partial charge is 0.381 e. The minimum Gasteiger partial charge on any atom is -0.381 e. The predicted octanol–water partition coefficient (Wildman–Crippen LogP) is 3.48. The fourth-order valence-electron chi connectivity index (χ4n) is 3.23. The quantitative estimate of drug-likeness (QED) is 0.803. The molecular formula is C18H22N2O3S. The molecule has 0 radical (unpaired) electrons. The van der Waals surface area contributed by atoms with Crippen LogP contribution in [-0.2, 0) is 11.2 Å². The zero-order valence-electron chi connectivity index (χ0n) is 13.6. The van der Waals surface area contributed by atoms with E-state index in [-0.39, 0.29) is 11.9 Å². The van der Waals surface area contributed by atoms with Gasteiger partial charge in [0.15, 0.2) is 5.69 Å². The van der Waals surface area contributed by atoms with E-state index in [1.54, 1.807) is 11.3 Å². The van der Waals surface area contributed by atoms with Gasteiger partial charge in [-0.25, -0.2) is 0 Å². The Balaban J connectivity index is 1.49. The van der Waals surface area contributed by atoms with Crippen LogP contribution < -0.4 is 0 Å². The van der Waals surface area contributed by atoms with Crippen LogP contribution in [0.2, 0.25) is 0 Å². The van der Waals surface area contributed by atoms with Gasteiger partial charge in [0.25, 0.3) is 5.91 Å². The summed E-state index contributed by atoms with van der Waals surface area (Å²) < 4.78 is 10.8. The molecule has 2 fully saturated rings. The molecule has 1 amide bonds. The second-order valence-electron chi connectivity index (χ2n) is 6.56. The van der Waals surface area contributed by atoms with Gasteiger partial charge in [0.1, 0.15) is 5.76 Å². The summed E-state index contributed by atoms with van der Waals surface area (Å²) >= 11 is 1.74. The Labute approximate surface area is 145 Å². The van der Waals surface area contributed by atoms with E-state index in [2.05, 4.69) is 22.7 Å². The van der Waals surface area contributed by atoms with Gasteiger partial charge < -0.3 is 14.2 Å². The molecule has 24 heavy (non-hydrogen) atoms. The zero-order valence-corrected chi connectivity index (χ0v) is 14.5. The SMILES string of the molecule is O=C(c1cc(C2CC2)on1)N(CCc1cccs1)C1CCOCC1. The van der Waals surface area contributed by atoms with Crippen LogP contribution in [0.4, 0.5) is 0 Å². The summed E-state index contributed by atoms with van der Waals surface area (Å²) in [6.07, 6.45) is 4.96. The van der Waals surface area contributed by atoms with E-state index in [1.807, 2.05) is 11.0 Å². The number of nitrogens with zero attached hydrogens (tertiary/aromatic N) is 2. The predicted molar refractivity (Wildman–Crippen MR) is 91.4 cm³/mol. The van der Waals surface area contributed by atoms with Crippen molar-refractivity contribution in [2.75, 3.05) is 19.8 Å². The molecule has 0 N–H and O–H groups in total. The average Bonchev–Trinajstić information content (AvgIpc) is 3.13. The molecule has 3 heterocycles. The number of hydrogen-bond acceptors (Lipinski definition) is 5. The highest BCUT2D eigenvalue weighted by Crippen LogP contribution is 2.40. The summed E-state index contributed by atoms with van der Waals surface area (Å²) in [5.74, 6) is 1.33. The van der Waals surface area contributed by atoms with E-state index in [9.17, 15) is 4.79 Å². The molecule has 0 atom stereocenters. The van der Waals surface area contributed by atoms with E-state index in [4.69, 9.17) is 9.26 Å². The Morgan fingerprint density at radius 3 is 2.83 bits per heavy atom. The van der Waals surface area contributed by atoms with Gasteiger partial charge in [0.2, 0.25) is 0 Å². The number of aromatic nitrogens is 1. The molecule has 1 saturated carbocycles. The van der Waals surface area contributed by atoms with E-state index in [0.29, 0.717) is 11.6 Å². The van der Waals surface area contributed by atoms with Crippen LogP contribution in [0.25, 0.3) is 0 Å². The lowest BCUT2D eigenvalue weighted by Gasteiger charge is -2.33. The number of hydrogen-bond donors (Lipinski definition) is 0. The van der Waals surface area contributed by atoms with Crippen molar-refractivity contribution < 1.29 is 14.1 Å². The molecule has 0 bridgehead atoms. The molecule has 6 heteroatoms. The highest BCUT2D eigenvalue weighted by molar-refractivity contribution is 7.09. The molecular weight excluding hydrogens is 324 g/mol. The van der Waals surface area contributed by atoms with Gasteiger partial charge in [-0.15, -0.1) is 11.3 Å². The maximum Gasteiger partial charge on any atom is 0.276 e. The number of carbonyl (C=O) groups excluding carboxylic acids is 1. The number of ether oxygens (including phenoxy) is 1. The van der Waals surface area contributed by atoms with Crippen molar-refractivity contribution in [3.05, 3.63) is 39.9 Å². The topological polar surface area (TPSA) is 55.6 Å². The summed E-state index contributed by atoms with van der Waals surface area (Å²) in [6, 6.07) is 6.25. The zero-order chi connectivity index (χ0) is 16.4. The standard InChI is InChI=1S/C18H22N2O3S/c21-18(16-12-17(23-19-16)13-3-4-13)20(14-6-9-22-10-7-14)8-5-15-2-1-11-24-15/h1-2,11-14H,3-10H2. The van der Waals surface area contributed by atoms with E-state index < -0.39 is 0 Å². The molecule has 0 unspecified atom stereocenters. The van der Waals surface area contributed by atoms with Gasteiger partial charge >= 0.3 is 0 Å². The third-order valence-corrected chi connectivity index (χ3v) is 5.74. The smallest absolute Gasteiger partial charge is 0.276 e. The van der Waals surface area contributed by atoms with Crippen molar-refractivity contribution in [3.63, 3.8) is 0 Å².